The fourth-order valence-electron chi connectivity index (χ4n) is 3.10. The van der Waals surface area contributed by atoms with Crippen molar-refractivity contribution >= 4 is 28.8 Å². The highest BCUT2D eigenvalue weighted by Crippen LogP contribution is 2.25. The molecule has 0 bridgehead atoms. The van der Waals surface area contributed by atoms with Gasteiger partial charge in [0.15, 0.2) is 0 Å². The van der Waals surface area contributed by atoms with Gasteiger partial charge in [-0.1, -0.05) is 42.0 Å². The number of nitrogens with zero attached hydrogens (tertiary/aromatic N) is 2. The Morgan fingerprint density at radius 3 is 2.48 bits per heavy atom. The highest BCUT2D eigenvalue weighted by molar-refractivity contribution is 7.12. The molecule has 0 unspecified atom stereocenters. The van der Waals surface area contributed by atoms with E-state index >= 15 is 0 Å². The van der Waals surface area contributed by atoms with Crippen LogP contribution in [0.25, 0.3) is 16.9 Å². The fraction of sp³-hybridized carbons (Fsp3) is 0.136. The maximum Gasteiger partial charge on any atom is 0.279 e. The van der Waals surface area contributed by atoms with Gasteiger partial charge in [0.25, 0.3) is 5.91 Å². The molecule has 4 rings (SSSR count). The van der Waals surface area contributed by atoms with E-state index in [-0.39, 0.29) is 18.2 Å². The smallest absolute Gasteiger partial charge is 0.279 e. The molecule has 0 spiro atoms. The second kappa shape index (κ2) is 7.89. The summed E-state index contributed by atoms with van der Waals surface area (Å²) in [5.41, 5.74) is 10.4. The third-order valence-electron chi connectivity index (χ3n) is 4.58. The number of aryl methyl sites for hydroxylation is 2. The van der Waals surface area contributed by atoms with Gasteiger partial charge in [-0.2, -0.15) is 0 Å². The summed E-state index contributed by atoms with van der Waals surface area (Å²) >= 11 is 1.31. The number of thiophene rings is 1. The molecule has 0 fully saturated rings. The number of hydrazine groups is 1. The largest absolute Gasteiger partial charge is 0.303 e. The number of imidazole rings is 1. The van der Waals surface area contributed by atoms with Crippen molar-refractivity contribution in [3.63, 3.8) is 0 Å². The van der Waals surface area contributed by atoms with Gasteiger partial charge in [-0.3, -0.25) is 20.4 Å². The molecule has 0 atom stereocenters. The van der Waals surface area contributed by atoms with Gasteiger partial charge in [0.1, 0.15) is 5.65 Å². The number of hydrogen-bond donors (Lipinski definition) is 2. The van der Waals surface area contributed by atoms with E-state index < -0.39 is 0 Å². The zero-order valence-electron chi connectivity index (χ0n) is 16.1. The van der Waals surface area contributed by atoms with E-state index in [0.717, 1.165) is 33.7 Å². The van der Waals surface area contributed by atoms with Gasteiger partial charge in [-0.05, 0) is 36.9 Å². The Kier molecular flexibility index (Phi) is 5.14. The number of aromatic nitrogens is 2. The maximum absolute atomic E-state index is 12.6. The van der Waals surface area contributed by atoms with Gasteiger partial charge >= 0.3 is 0 Å². The van der Waals surface area contributed by atoms with Gasteiger partial charge in [-0.25, -0.2) is 4.98 Å². The van der Waals surface area contributed by atoms with Crippen LogP contribution in [-0.4, -0.2) is 21.2 Å². The molecule has 7 heteroatoms. The summed E-state index contributed by atoms with van der Waals surface area (Å²) in [7, 11) is 0. The minimum Gasteiger partial charge on any atom is -0.303 e. The average molecular weight is 404 g/mol. The van der Waals surface area contributed by atoms with Crippen LogP contribution in [0, 0.1) is 13.8 Å². The number of rotatable bonds is 4. The van der Waals surface area contributed by atoms with E-state index in [9.17, 15) is 9.59 Å². The molecule has 6 nitrogen and oxygen atoms in total. The number of fused-ring (bicyclic) bond motifs is 1. The van der Waals surface area contributed by atoms with Crippen LogP contribution in [0.15, 0.2) is 60.1 Å². The third kappa shape index (κ3) is 4.05. The van der Waals surface area contributed by atoms with Crippen LogP contribution in [0.4, 0.5) is 0 Å². The van der Waals surface area contributed by atoms with Crippen LogP contribution in [0.2, 0.25) is 0 Å². The van der Waals surface area contributed by atoms with Crippen LogP contribution >= 0.6 is 11.3 Å². The van der Waals surface area contributed by atoms with Gasteiger partial charge in [0.2, 0.25) is 5.91 Å². The zero-order chi connectivity index (χ0) is 20.4. The lowest BCUT2D eigenvalue weighted by molar-refractivity contribution is -0.121. The van der Waals surface area contributed by atoms with E-state index in [0.29, 0.717) is 4.88 Å². The second-order valence-corrected chi connectivity index (χ2v) is 7.81. The number of carbonyl (C=O) groups excluding carboxylic acids is 2. The molecule has 3 heterocycles. The third-order valence-corrected chi connectivity index (χ3v) is 5.45. The Bertz CT molecular complexity index is 1180. The lowest BCUT2D eigenvalue weighted by Crippen LogP contribution is -2.42. The van der Waals surface area contributed by atoms with Crippen LogP contribution in [-0.2, 0) is 11.2 Å². The normalized spacial score (nSPS) is 10.8. The molecule has 2 N–H and O–H groups in total. The van der Waals surface area contributed by atoms with Crippen molar-refractivity contribution in [3.8, 4) is 11.3 Å². The summed E-state index contributed by atoms with van der Waals surface area (Å²) in [6, 6.07) is 15.5. The van der Waals surface area contributed by atoms with Crippen molar-refractivity contribution < 1.29 is 9.59 Å². The van der Waals surface area contributed by atoms with Crippen molar-refractivity contribution in [1.82, 2.24) is 20.2 Å². The van der Waals surface area contributed by atoms with Crippen LogP contribution in [0.5, 0.6) is 0 Å². The molecular formula is C22H20N4O2S. The Morgan fingerprint density at radius 2 is 1.76 bits per heavy atom. The van der Waals surface area contributed by atoms with Crippen LogP contribution < -0.4 is 10.9 Å². The van der Waals surface area contributed by atoms with Crippen LogP contribution in [0.1, 0.15) is 26.5 Å². The summed E-state index contributed by atoms with van der Waals surface area (Å²) in [6.07, 6.45) is 2.05. The highest BCUT2D eigenvalue weighted by atomic mass is 32.1. The van der Waals surface area contributed by atoms with Crippen molar-refractivity contribution in [2.45, 2.75) is 20.3 Å². The molecule has 2 amide bonds. The van der Waals surface area contributed by atoms with E-state index in [2.05, 4.69) is 10.9 Å². The zero-order valence-corrected chi connectivity index (χ0v) is 16.9. The van der Waals surface area contributed by atoms with Crippen molar-refractivity contribution in [2.75, 3.05) is 0 Å². The Labute approximate surface area is 172 Å². The summed E-state index contributed by atoms with van der Waals surface area (Å²) in [6.45, 7) is 4.03. The number of carbonyl (C=O) groups is 2. The highest BCUT2D eigenvalue weighted by Gasteiger charge is 2.18. The first-order valence-corrected chi connectivity index (χ1v) is 10.1. The Hall–Kier alpha value is -3.45. The predicted octanol–water partition coefficient (Wildman–Crippen LogP) is 3.68. The minimum atomic E-state index is -0.332. The molecule has 29 heavy (non-hydrogen) atoms. The standard InChI is InChI=1S/C22H20N4O2S/c1-14-5-8-16(9-6-14)21-17(26-13-15(2)7-10-19(26)23-21)12-20(27)24-25-22(28)18-4-3-11-29-18/h3-11,13H,12H2,1-2H3,(H,24,27)(H,25,28). The SMILES string of the molecule is Cc1ccc(-c2nc3ccc(C)cn3c2CC(=O)NNC(=O)c2cccs2)cc1. The lowest BCUT2D eigenvalue weighted by atomic mass is 10.1. The summed E-state index contributed by atoms with van der Waals surface area (Å²) in [5, 5.41) is 1.81. The minimum absolute atomic E-state index is 0.0819. The van der Waals surface area contributed by atoms with E-state index in [4.69, 9.17) is 4.98 Å². The number of benzene rings is 1. The van der Waals surface area contributed by atoms with Gasteiger partial charge < -0.3 is 4.40 Å². The van der Waals surface area contributed by atoms with Gasteiger partial charge in [0, 0.05) is 11.8 Å². The molecular weight excluding hydrogens is 384 g/mol. The first kappa shape index (κ1) is 18.9. The van der Waals surface area contributed by atoms with Crippen molar-refractivity contribution in [2.24, 2.45) is 0 Å². The van der Waals surface area contributed by atoms with E-state index in [1.807, 2.05) is 66.2 Å². The predicted molar refractivity (Wildman–Crippen MR) is 114 cm³/mol. The average Bonchev–Trinajstić information content (AvgIpc) is 3.36. The lowest BCUT2D eigenvalue weighted by Gasteiger charge is -2.09. The van der Waals surface area contributed by atoms with E-state index in [1.54, 1.807) is 12.1 Å². The second-order valence-electron chi connectivity index (χ2n) is 6.86. The maximum atomic E-state index is 12.6. The fourth-order valence-corrected chi connectivity index (χ4v) is 3.72. The van der Waals surface area contributed by atoms with Gasteiger partial charge in [0.05, 0.1) is 22.7 Å². The first-order chi connectivity index (χ1) is 14.0. The summed E-state index contributed by atoms with van der Waals surface area (Å²) in [4.78, 5) is 29.9. The molecule has 146 valence electrons. The number of nitrogens with one attached hydrogen (secondary N) is 2. The molecule has 0 aliphatic carbocycles. The molecule has 3 aromatic heterocycles. The topological polar surface area (TPSA) is 75.5 Å². The van der Waals surface area contributed by atoms with Gasteiger partial charge in [-0.15, -0.1) is 11.3 Å². The first-order valence-electron chi connectivity index (χ1n) is 9.18. The molecule has 0 saturated carbocycles. The Morgan fingerprint density at radius 1 is 1.00 bits per heavy atom. The number of pyridine rings is 1. The number of hydrogen-bond acceptors (Lipinski definition) is 4. The van der Waals surface area contributed by atoms with E-state index in [1.165, 1.54) is 11.3 Å². The molecule has 1 aromatic carbocycles. The number of amides is 2. The molecule has 0 radical (unpaired) electrons. The van der Waals surface area contributed by atoms with Crippen LogP contribution in [0.3, 0.4) is 0 Å². The quantitative estimate of drug-likeness (QED) is 0.510. The molecule has 0 aliphatic heterocycles. The van der Waals surface area contributed by atoms with Crippen molar-refractivity contribution in [3.05, 3.63) is 81.8 Å². The molecule has 4 aromatic rings. The molecule has 0 aliphatic rings. The summed E-state index contributed by atoms with van der Waals surface area (Å²) in [5.74, 6) is -0.646. The summed E-state index contributed by atoms with van der Waals surface area (Å²) < 4.78 is 1.94. The monoisotopic (exact) mass is 404 g/mol. The van der Waals surface area contributed by atoms with Crippen molar-refractivity contribution in [1.29, 1.82) is 0 Å². The Balaban J connectivity index is 1.61. The molecule has 0 saturated heterocycles.